The first-order chi connectivity index (χ1) is 7.31. The third-order valence-electron chi connectivity index (χ3n) is 2.04. The van der Waals surface area contributed by atoms with Gasteiger partial charge in [0.2, 0.25) is 11.7 Å². The Balaban J connectivity index is 2.56. The predicted molar refractivity (Wildman–Crippen MR) is 56.3 cm³/mol. The maximum Gasteiger partial charge on any atom is 0.240 e. The molecule has 5 nitrogen and oxygen atoms in total. The van der Waals surface area contributed by atoms with Gasteiger partial charge in [-0.25, -0.2) is 0 Å². The minimum absolute atomic E-state index is 0.0471. The minimum atomic E-state index is -0.0471. The smallest absolute Gasteiger partial charge is 0.240 e. The van der Waals surface area contributed by atoms with Crippen molar-refractivity contribution >= 4 is 0 Å². The summed E-state index contributed by atoms with van der Waals surface area (Å²) in [6.45, 7) is 8.21. The topological polar surface area (TPSA) is 60.2 Å². The Morgan fingerprint density at radius 3 is 2.80 bits per heavy atom. The quantitative estimate of drug-likeness (QED) is 0.746. The average molecular weight is 213 g/mol. The second-order valence-corrected chi connectivity index (χ2v) is 3.18. The normalized spacial score (nSPS) is 13.0. The summed E-state index contributed by atoms with van der Waals surface area (Å²) in [5.41, 5.74) is 0. The summed E-state index contributed by atoms with van der Waals surface area (Å²) in [4.78, 5) is 4.27. The average Bonchev–Trinajstić information content (AvgIpc) is 2.71. The first-order valence-corrected chi connectivity index (χ1v) is 5.46. The van der Waals surface area contributed by atoms with Crippen molar-refractivity contribution in [1.82, 2.24) is 15.5 Å². The van der Waals surface area contributed by atoms with Crippen molar-refractivity contribution in [2.45, 2.75) is 39.8 Å². The zero-order valence-corrected chi connectivity index (χ0v) is 9.62. The molecular formula is C10H19N3O2. The third kappa shape index (κ3) is 3.60. The van der Waals surface area contributed by atoms with Crippen molar-refractivity contribution in [3.63, 3.8) is 0 Å². The number of hydrogen-bond acceptors (Lipinski definition) is 5. The van der Waals surface area contributed by atoms with Gasteiger partial charge in [-0.05, 0) is 19.9 Å². The maximum atomic E-state index is 5.49. The van der Waals surface area contributed by atoms with E-state index in [1.165, 1.54) is 0 Å². The van der Waals surface area contributed by atoms with Gasteiger partial charge in [0, 0.05) is 6.61 Å². The summed E-state index contributed by atoms with van der Waals surface area (Å²) in [6.07, 6.45) is 0.808. The van der Waals surface area contributed by atoms with E-state index in [2.05, 4.69) is 15.5 Å². The summed E-state index contributed by atoms with van der Waals surface area (Å²) < 4.78 is 10.6. The highest BCUT2D eigenvalue weighted by molar-refractivity contribution is 4.90. The molecule has 0 saturated carbocycles. The molecule has 1 unspecified atom stereocenters. The molecule has 1 N–H and O–H groups in total. The van der Waals surface area contributed by atoms with Gasteiger partial charge in [-0.2, -0.15) is 4.98 Å². The monoisotopic (exact) mass is 213 g/mol. The largest absolute Gasteiger partial charge is 0.370 e. The summed E-state index contributed by atoms with van der Waals surface area (Å²) in [5, 5.41) is 7.04. The van der Waals surface area contributed by atoms with Crippen molar-refractivity contribution in [2.24, 2.45) is 0 Å². The Kier molecular flexibility index (Phi) is 5.28. The molecule has 0 aliphatic carbocycles. The van der Waals surface area contributed by atoms with E-state index in [1.54, 1.807) is 0 Å². The SMILES string of the molecule is CCNCc1nc(C(CC)OCC)no1. The molecule has 15 heavy (non-hydrogen) atoms. The molecule has 0 aliphatic rings. The number of rotatable bonds is 7. The number of aromatic nitrogens is 2. The van der Waals surface area contributed by atoms with Crippen LogP contribution in [0.5, 0.6) is 0 Å². The van der Waals surface area contributed by atoms with Gasteiger partial charge < -0.3 is 14.6 Å². The molecule has 5 heteroatoms. The van der Waals surface area contributed by atoms with Crippen molar-refractivity contribution < 1.29 is 9.26 Å². The zero-order valence-electron chi connectivity index (χ0n) is 9.62. The van der Waals surface area contributed by atoms with Crippen molar-refractivity contribution in [2.75, 3.05) is 13.2 Å². The van der Waals surface area contributed by atoms with E-state index in [9.17, 15) is 0 Å². The fraction of sp³-hybridized carbons (Fsp3) is 0.800. The molecule has 0 amide bonds. The summed E-state index contributed by atoms with van der Waals surface area (Å²) in [6, 6.07) is 0. The zero-order chi connectivity index (χ0) is 11.1. The van der Waals surface area contributed by atoms with Crippen LogP contribution in [-0.2, 0) is 11.3 Å². The molecule has 1 atom stereocenters. The van der Waals surface area contributed by atoms with Gasteiger partial charge in [0.05, 0.1) is 6.54 Å². The molecule has 0 fully saturated rings. The lowest BCUT2D eigenvalue weighted by Crippen LogP contribution is -2.12. The van der Waals surface area contributed by atoms with Crippen LogP contribution in [0.15, 0.2) is 4.52 Å². The molecule has 1 aromatic rings. The van der Waals surface area contributed by atoms with Crippen LogP contribution >= 0.6 is 0 Å². The van der Waals surface area contributed by atoms with Crippen LogP contribution in [0.3, 0.4) is 0 Å². The first kappa shape index (κ1) is 12.1. The summed E-state index contributed by atoms with van der Waals surface area (Å²) in [7, 11) is 0. The third-order valence-corrected chi connectivity index (χ3v) is 2.04. The molecule has 0 aromatic carbocycles. The van der Waals surface area contributed by atoms with Crippen LogP contribution in [0, 0.1) is 0 Å². The number of nitrogens with zero attached hydrogens (tertiary/aromatic N) is 2. The summed E-state index contributed by atoms with van der Waals surface area (Å²) in [5.74, 6) is 1.26. The lowest BCUT2D eigenvalue weighted by atomic mass is 10.2. The fourth-order valence-electron chi connectivity index (χ4n) is 1.28. The maximum absolute atomic E-state index is 5.49. The van der Waals surface area contributed by atoms with Crippen LogP contribution in [0.2, 0.25) is 0 Å². The molecule has 0 saturated heterocycles. The van der Waals surface area contributed by atoms with E-state index < -0.39 is 0 Å². The summed E-state index contributed by atoms with van der Waals surface area (Å²) >= 11 is 0. The van der Waals surface area contributed by atoms with Gasteiger partial charge in [-0.3, -0.25) is 0 Å². The molecule has 0 radical (unpaired) electrons. The van der Waals surface area contributed by atoms with E-state index in [0.29, 0.717) is 24.9 Å². The standard InChI is InChI=1S/C10H19N3O2/c1-4-8(14-6-3)10-12-9(15-13-10)7-11-5-2/h8,11H,4-7H2,1-3H3. The van der Waals surface area contributed by atoms with Gasteiger partial charge in [0.1, 0.15) is 6.10 Å². The Morgan fingerprint density at radius 2 is 2.20 bits per heavy atom. The number of hydrogen-bond donors (Lipinski definition) is 1. The molecule has 1 aromatic heterocycles. The lowest BCUT2D eigenvalue weighted by Gasteiger charge is -2.09. The van der Waals surface area contributed by atoms with E-state index in [1.807, 2.05) is 20.8 Å². The molecule has 0 aliphatic heterocycles. The van der Waals surface area contributed by atoms with Gasteiger partial charge in [-0.1, -0.05) is 19.0 Å². The minimum Gasteiger partial charge on any atom is -0.370 e. The van der Waals surface area contributed by atoms with Gasteiger partial charge in [-0.15, -0.1) is 0 Å². The van der Waals surface area contributed by atoms with E-state index >= 15 is 0 Å². The molecular weight excluding hydrogens is 194 g/mol. The van der Waals surface area contributed by atoms with Crippen LogP contribution in [0.25, 0.3) is 0 Å². The Bertz CT molecular complexity index is 275. The van der Waals surface area contributed by atoms with Crippen molar-refractivity contribution in [1.29, 1.82) is 0 Å². The fourth-order valence-corrected chi connectivity index (χ4v) is 1.28. The van der Waals surface area contributed by atoms with Gasteiger partial charge in [0.15, 0.2) is 0 Å². The predicted octanol–water partition coefficient (Wildman–Crippen LogP) is 1.67. The Labute approximate surface area is 90.2 Å². The highest BCUT2D eigenvalue weighted by Crippen LogP contribution is 2.17. The van der Waals surface area contributed by atoms with Crippen LogP contribution in [-0.4, -0.2) is 23.3 Å². The first-order valence-electron chi connectivity index (χ1n) is 5.46. The highest BCUT2D eigenvalue weighted by atomic mass is 16.5. The molecule has 1 heterocycles. The van der Waals surface area contributed by atoms with Gasteiger partial charge in [0.25, 0.3) is 0 Å². The number of nitrogens with one attached hydrogen (secondary N) is 1. The van der Waals surface area contributed by atoms with Crippen LogP contribution in [0.1, 0.15) is 45.0 Å². The van der Waals surface area contributed by atoms with Crippen LogP contribution in [0.4, 0.5) is 0 Å². The van der Waals surface area contributed by atoms with E-state index in [4.69, 9.17) is 9.26 Å². The Morgan fingerprint density at radius 1 is 1.40 bits per heavy atom. The van der Waals surface area contributed by atoms with Gasteiger partial charge >= 0.3 is 0 Å². The molecule has 0 bridgehead atoms. The molecule has 0 spiro atoms. The van der Waals surface area contributed by atoms with Crippen LogP contribution < -0.4 is 5.32 Å². The molecule has 86 valence electrons. The van der Waals surface area contributed by atoms with Crippen molar-refractivity contribution in [3.8, 4) is 0 Å². The van der Waals surface area contributed by atoms with Crippen molar-refractivity contribution in [3.05, 3.63) is 11.7 Å². The molecule has 1 rings (SSSR count). The second-order valence-electron chi connectivity index (χ2n) is 3.18. The van der Waals surface area contributed by atoms with E-state index in [0.717, 1.165) is 13.0 Å². The Hall–Kier alpha value is -0.940. The highest BCUT2D eigenvalue weighted by Gasteiger charge is 2.16. The number of ether oxygens (including phenoxy) is 1. The lowest BCUT2D eigenvalue weighted by molar-refractivity contribution is 0.0518. The van der Waals surface area contributed by atoms with E-state index in [-0.39, 0.29) is 6.10 Å². The second kappa shape index (κ2) is 6.53.